The molecule has 22 heavy (non-hydrogen) atoms. The van der Waals surface area contributed by atoms with Crippen LogP contribution in [0.4, 0.5) is 0 Å². The van der Waals surface area contributed by atoms with E-state index in [9.17, 15) is 0 Å². The molecule has 0 heterocycles. The molecule has 3 rings (SSSR count). The molecule has 0 aliphatic heterocycles. The van der Waals surface area contributed by atoms with Gasteiger partial charge in [-0.2, -0.15) is 0 Å². The van der Waals surface area contributed by atoms with Gasteiger partial charge in [0.05, 0.1) is 0 Å². The van der Waals surface area contributed by atoms with Crippen LogP contribution in [0.25, 0.3) is 0 Å². The number of benzene rings is 1. The molecule has 1 N–H and O–H groups in total. The van der Waals surface area contributed by atoms with Crippen LogP contribution in [0.3, 0.4) is 0 Å². The van der Waals surface area contributed by atoms with Gasteiger partial charge in [0.2, 0.25) is 0 Å². The molecule has 3 atom stereocenters. The molecule has 0 spiro atoms. The first-order valence-electron chi connectivity index (χ1n) is 9.18. The molecule has 2 aliphatic carbocycles. The van der Waals surface area contributed by atoms with Crippen molar-refractivity contribution < 1.29 is 0 Å². The van der Waals surface area contributed by atoms with E-state index in [4.69, 9.17) is 0 Å². The van der Waals surface area contributed by atoms with Crippen LogP contribution in [0.5, 0.6) is 0 Å². The Morgan fingerprint density at radius 2 is 2.00 bits per heavy atom. The molecule has 1 nitrogen and oxygen atoms in total. The minimum atomic E-state index is 0.382. The first kappa shape index (κ1) is 16.1. The molecule has 1 heteroatoms. The van der Waals surface area contributed by atoms with Crippen LogP contribution in [0.2, 0.25) is 0 Å². The van der Waals surface area contributed by atoms with Crippen LogP contribution in [0, 0.1) is 11.3 Å². The van der Waals surface area contributed by atoms with Gasteiger partial charge in [-0.3, -0.25) is 0 Å². The summed E-state index contributed by atoms with van der Waals surface area (Å²) in [5.74, 6) is 1.45. The number of rotatable bonds is 3. The first-order chi connectivity index (χ1) is 10.4. The van der Waals surface area contributed by atoms with Gasteiger partial charge in [0.15, 0.2) is 0 Å². The molecule has 1 saturated carbocycles. The highest BCUT2D eigenvalue weighted by atomic mass is 14.8. The number of aryl methyl sites for hydroxylation is 1. The Balaban J connectivity index is 2.02. The van der Waals surface area contributed by atoms with Crippen LogP contribution in [0.15, 0.2) is 18.2 Å². The predicted octanol–water partition coefficient (Wildman–Crippen LogP) is 5.04. The fourth-order valence-electron chi connectivity index (χ4n) is 5.62. The maximum absolute atomic E-state index is 3.48. The zero-order valence-electron chi connectivity index (χ0n) is 15.1. The second-order valence-electron chi connectivity index (χ2n) is 8.62. The van der Waals surface area contributed by atoms with Crippen molar-refractivity contribution in [1.29, 1.82) is 0 Å². The van der Waals surface area contributed by atoms with Gasteiger partial charge in [-0.05, 0) is 72.1 Å². The third kappa shape index (κ3) is 2.42. The number of fused-ring (bicyclic) bond motifs is 3. The molecule has 1 aromatic carbocycles. The van der Waals surface area contributed by atoms with Gasteiger partial charge >= 0.3 is 0 Å². The van der Waals surface area contributed by atoms with E-state index in [1.165, 1.54) is 37.7 Å². The minimum absolute atomic E-state index is 0.382. The van der Waals surface area contributed by atoms with E-state index in [0.717, 1.165) is 12.5 Å². The Hall–Kier alpha value is -0.820. The Morgan fingerprint density at radius 1 is 1.23 bits per heavy atom. The van der Waals surface area contributed by atoms with E-state index < -0.39 is 0 Å². The van der Waals surface area contributed by atoms with Crippen molar-refractivity contribution in [3.63, 3.8) is 0 Å². The van der Waals surface area contributed by atoms with Crippen LogP contribution in [-0.2, 0) is 11.8 Å². The number of hydrogen-bond acceptors (Lipinski definition) is 1. The summed E-state index contributed by atoms with van der Waals surface area (Å²) in [4.78, 5) is 0. The maximum atomic E-state index is 3.48. The molecule has 0 radical (unpaired) electrons. The predicted molar refractivity (Wildman–Crippen MR) is 95.6 cm³/mol. The summed E-state index contributed by atoms with van der Waals surface area (Å²) in [7, 11) is 2.11. The molecule has 0 amide bonds. The van der Waals surface area contributed by atoms with Crippen LogP contribution in [0.1, 0.15) is 76.0 Å². The summed E-state index contributed by atoms with van der Waals surface area (Å²) in [5.41, 5.74) is 5.65. The average Bonchev–Trinajstić information content (AvgIpc) is 2.46. The molecule has 1 fully saturated rings. The molecule has 122 valence electrons. The Labute approximate surface area is 136 Å². The summed E-state index contributed by atoms with van der Waals surface area (Å²) in [6, 6.07) is 7.37. The summed E-state index contributed by atoms with van der Waals surface area (Å²) in [6.45, 7) is 10.9. The largest absolute Gasteiger partial charge is 0.319 e. The second-order valence-corrected chi connectivity index (χ2v) is 8.62. The summed E-state index contributed by atoms with van der Waals surface area (Å²) < 4.78 is 0. The molecule has 0 saturated heterocycles. The standard InChI is InChI=1S/C21H33N/c1-15(2)16-7-9-18-17(13-16)8-10-19-20(3,14-22-5)11-6-12-21(18,19)4/h7,9,13,15,19,22H,6,8,10-12,14H2,1-5H3/t19-,20?,21?/m0/s1. The zero-order valence-corrected chi connectivity index (χ0v) is 15.1. The fraction of sp³-hybridized carbons (Fsp3) is 0.714. The van der Waals surface area contributed by atoms with Crippen molar-refractivity contribution in [2.45, 2.75) is 71.1 Å². The molecular formula is C21H33N. The summed E-state index contributed by atoms with van der Waals surface area (Å²) in [5, 5.41) is 3.48. The highest BCUT2D eigenvalue weighted by Gasteiger charge is 2.51. The van der Waals surface area contributed by atoms with Gasteiger partial charge in [-0.25, -0.2) is 0 Å². The van der Waals surface area contributed by atoms with E-state index in [-0.39, 0.29) is 0 Å². The number of hydrogen-bond donors (Lipinski definition) is 1. The van der Waals surface area contributed by atoms with Crippen molar-refractivity contribution in [3.8, 4) is 0 Å². The fourth-order valence-corrected chi connectivity index (χ4v) is 5.62. The molecule has 1 aromatic rings. The van der Waals surface area contributed by atoms with Crippen LogP contribution < -0.4 is 5.32 Å². The summed E-state index contributed by atoms with van der Waals surface area (Å²) in [6.07, 6.45) is 6.76. The Kier molecular flexibility index (Phi) is 4.14. The third-order valence-electron chi connectivity index (χ3n) is 6.75. The lowest BCUT2D eigenvalue weighted by atomic mass is 9.49. The van der Waals surface area contributed by atoms with Gasteiger partial charge in [-0.1, -0.05) is 52.3 Å². The summed E-state index contributed by atoms with van der Waals surface area (Å²) >= 11 is 0. The molecule has 2 aliphatic rings. The van der Waals surface area contributed by atoms with Gasteiger partial charge in [0, 0.05) is 6.54 Å². The molecule has 0 aromatic heterocycles. The van der Waals surface area contributed by atoms with Crippen LogP contribution in [-0.4, -0.2) is 13.6 Å². The quantitative estimate of drug-likeness (QED) is 0.824. The van der Waals surface area contributed by atoms with Gasteiger partial charge < -0.3 is 5.32 Å². The third-order valence-corrected chi connectivity index (χ3v) is 6.75. The highest BCUT2D eigenvalue weighted by molar-refractivity contribution is 5.42. The van der Waals surface area contributed by atoms with Gasteiger partial charge in [0.25, 0.3) is 0 Å². The molecular weight excluding hydrogens is 266 g/mol. The van der Waals surface area contributed by atoms with Gasteiger partial charge in [0.1, 0.15) is 0 Å². The van der Waals surface area contributed by atoms with Gasteiger partial charge in [-0.15, -0.1) is 0 Å². The lowest BCUT2D eigenvalue weighted by Crippen LogP contribution is -2.52. The lowest BCUT2D eigenvalue weighted by Gasteiger charge is -2.55. The number of nitrogens with one attached hydrogen (secondary N) is 1. The Morgan fingerprint density at radius 3 is 2.68 bits per heavy atom. The SMILES string of the molecule is CNCC1(C)CCCC2(C)c3ccc(C(C)C)cc3CC[C@@H]12. The van der Waals surface area contributed by atoms with E-state index in [0.29, 0.717) is 16.7 Å². The maximum Gasteiger partial charge on any atom is 0.000513 e. The van der Waals surface area contributed by atoms with E-state index in [2.05, 4.69) is 58.3 Å². The van der Waals surface area contributed by atoms with Crippen molar-refractivity contribution in [3.05, 3.63) is 34.9 Å². The van der Waals surface area contributed by atoms with Crippen LogP contribution >= 0.6 is 0 Å². The average molecular weight is 300 g/mol. The normalized spacial score (nSPS) is 34.4. The van der Waals surface area contributed by atoms with E-state index in [1.54, 1.807) is 11.1 Å². The van der Waals surface area contributed by atoms with Crippen molar-refractivity contribution >= 4 is 0 Å². The van der Waals surface area contributed by atoms with Crippen molar-refractivity contribution in [1.82, 2.24) is 5.32 Å². The Bertz CT molecular complexity index is 543. The lowest BCUT2D eigenvalue weighted by molar-refractivity contribution is 0.0273. The van der Waals surface area contributed by atoms with Crippen molar-refractivity contribution in [2.75, 3.05) is 13.6 Å². The molecule has 0 bridgehead atoms. The highest BCUT2D eigenvalue weighted by Crippen LogP contribution is 2.57. The smallest absolute Gasteiger partial charge is 0.000513 e. The first-order valence-corrected chi connectivity index (χ1v) is 9.18. The van der Waals surface area contributed by atoms with Crippen molar-refractivity contribution in [2.24, 2.45) is 11.3 Å². The zero-order chi connectivity index (χ0) is 16.0. The molecule has 2 unspecified atom stereocenters. The second kappa shape index (κ2) is 5.67. The topological polar surface area (TPSA) is 12.0 Å². The van der Waals surface area contributed by atoms with E-state index in [1.807, 2.05) is 0 Å². The van der Waals surface area contributed by atoms with E-state index >= 15 is 0 Å². The minimum Gasteiger partial charge on any atom is -0.319 e. The monoisotopic (exact) mass is 299 g/mol.